The Morgan fingerprint density at radius 3 is 2.69 bits per heavy atom. The topological polar surface area (TPSA) is 86.9 Å². The summed E-state index contributed by atoms with van der Waals surface area (Å²) in [5.41, 5.74) is 6.06. The highest BCUT2D eigenvalue weighted by atomic mass is 16.3. The number of anilines is 1. The number of carbonyl (C=O) groups excluding carboxylic acids is 2. The highest BCUT2D eigenvalue weighted by Gasteiger charge is 2.52. The van der Waals surface area contributed by atoms with Gasteiger partial charge in [0.15, 0.2) is 0 Å². The van der Waals surface area contributed by atoms with Crippen LogP contribution in [0.15, 0.2) is 30.3 Å². The minimum Gasteiger partial charge on any atom is -0.390 e. The summed E-state index contributed by atoms with van der Waals surface area (Å²) >= 11 is 0. The molecule has 2 bridgehead atoms. The summed E-state index contributed by atoms with van der Waals surface area (Å²) in [6, 6.07) is 9.96. The Morgan fingerprint density at radius 1 is 1.31 bits per heavy atom. The standard InChI is InChI=1S/C20H29N3O3/c1-15(24)12-22(16-6-3-2-4-7-16)13-18(25)14-23-17-8-5-10-20(23,11-9-17)19(21)26/h2-4,6-7,17-18,25H,5,8-14H2,1H3,(H2,21,26)/t17-,18?,20+/m1/s1. The Bertz CT molecular complexity index is 647. The SMILES string of the molecule is CC(=O)CN(CC(O)CN1[C@@H]2CCC[C@@]1(C(N)=O)CC2)c1ccccc1. The molecule has 0 spiro atoms. The van der Waals surface area contributed by atoms with E-state index in [1.165, 1.54) is 0 Å². The highest BCUT2D eigenvalue weighted by Crippen LogP contribution is 2.44. The molecule has 3 N–H and O–H groups in total. The van der Waals surface area contributed by atoms with Crippen molar-refractivity contribution < 1.29 is 14.7 Å². The van der Waals surface area contributed by atoms with E-state index in [-0.39, 0.29) is 18.2 Å². The first-order chi connectivity index (χ1) is 12.4. The molecule has 0 aromatic heterocycles. The van der Waals surface area contributed by atoms with Crippen LogP contribution < -0.4 is 10.6 Å². The number of Topliss-reactive ketones (excluding diaryl/α,β-unsaturated/α-hetero) is 1. The first-order valence-electron chi connectivity index (χ1n) is 9.46. The highest BCUT2D eigenvalue weighted by molar-refractivity contribution is 5.85. The quantitative estimate of drug-likeness (QED) is 0.731. The van der Waals surface area contributed by atoms with Crippen LogP contribution >= 0.6 is 0 Å². The molecule has 3 rings (SSSR count). The average molecular weight is 359 g/mol. The first-order valence-corrected chi connectivity index (χ1v) is 9.46. The molecule has 0 radical (unpaired) electrons. The number of nitrogens with zero attached hydrogens (tertiary/aromatic N) is 2. The Hall–Kier alpha value is -1.92. The molecule has 6 heteroatoms. The van der Waals surface area contributed by atoms with Crippen LogP contribution in [0.3, 0.4) is 0 Å². The number of aliphatic hydroxyl groups excluding tert-OH is 1. The number of hydrogen-bond acceptors (Lipinski definition) is 5. The molecule has 142 valence electrons. The van der Waals surface area contributed by atoms with Crippen LogP contribution in [0.2, 0.25) is 0 Å². The Balaban J connectivity index is 1.71. The fourth-order valence-electron chi connectivity index (χ4n) is 4.67. The smallest absolute Gasteiger partial charge is 0.237 e. The van der Waals surface area contributed by atoms with Gasteiger partial charge in [-0.3, -0.25) is 14.5 Å². The minimum absolute atomic E-state index is 0.0488. The number of benzene rings is 1. The molecule has 2 saturated heterocycles. The minimum atomic E-state index is -0.660. The van der Waals surface area contributed by atoms with E-state index in [9.17, 15) is 14.7 Å². The fraction of sp³-hybridized carbons (Fsp3) is 0.600. The van der Waals surface area contributed by atoms with Gasteiger partial charge in [-0.1, -0.05) is 18.2 Å². The van der Waals surface area contributed by atoms with Crippen LogP contribution in [0.4, 0.5) is 5.69 Å². The zero-order valence-electron chi connectivity index (χ0n) is 15.4. The zero-order valence-corrected chi connectivity index (χ0v) is 15.4. The largest absolute Gasteiger partial charge is 0.390 e. The van der Waals surface area contributed by atoms with Crippen molar-refractivity contribution in [3.8, 4) is 0 Å². The molecule has 1 amide bonds. The molecule has 26 heavy (non-hydrogen) atoms. The fourth-order valence-corrected chi connectivity index (χ4v) is 4.67. The maximum absolute atomic E-state index is 12.2. The van der Waals surface area contributed by atoms with E-state index in [0.717, 1.165) is 37.8 Å². The van der Waals surface area contributed by atoms with Crippen molar-refractivity contribution in [3.63, 3.8) is 0 Å². The van der Waals surface area contributed by atoms with Gasteiger partial charge in [0.05, 0.1) is 12.6 Å². The average Bonchev–Trinajstić information content (AvgIpc) is 2.80. The number of piperidine rings is 1. The summed E-state index contributed by atoms with van der Waals surface area (Å²) in [5, 5.41) is 10.8. The summed E-state index contributed by atoms with van der Waals surface area (Å²) in [4.78, 5) is 27.9. The molecule has 2 heterocycles. The monoisotopic (exact) mass is 359 g/mol. The van der Waals surface area contributed by atoms with Gasteiger partial charge < -0.3 is 15.7 Å². The number of β-amino-alcohol motifs (C(OH)–C–C–N with tert-alkyl or cyclic N) is 1. The molecule has 6 nitrogen and oxygen atoms in total. The van der Waals surface area contributed by atoms with Crippen molar-refractivity contribution in [2.45, 2.75) is 56.7 Å². The number of carbonyl (C=O) groups is 2. The predicted molar refractivity (Wildman–Crippen MR) is 101 cm³/mol. The number of primary amides is 1. The van der Waals surface area contributed by atoms with Gasteiger partial charge in [0.1, 0.15) is 11.3 Å². The third-order valence-corrected chi connectivity index (χ3v) is 5.84. The van der Waals surface area contributed by atoms with Crippen molar-refractivity contribution >= 4 is 17.4 Å². The van der Waals surface area contributed by atoms with Crippen LogP contribution in [0.25, 0.3) is 0 Å². The Labute approximate surface area is 155 Å². The zero-order chi connectivity index (χ0) is 18.7. The lowest BCUT2D eigenvalue weighted by Crippen LogP contribution is -2.60. The lowest BCUT2D eigenvalue weighted by molar-refractivity contribution is -0.132. The molecule has 1 aromatic rings. The Morgan fingerprint density at radius 2 is 2.04 bits per heavy atom. The molecule has 2 aliphatic heterocycles. The van der Waals surface area contributed by atoms with E-state index in [0.29, 0.717) is 19.1 Å². The van der Waals surface area contributed by atoms with Gasteiger partial charge in [0.25, 0.3) is 0 Å². The van der Waals surface area contributed by atoms with Crippen molar-refractivity contribution in [2.24, 2.45) is 5.73 Å². The number of hydrogen-bond donors (Lipinski definition) is 2. The van der Waals surface area contributed by atoms with E-state index in [1.807, 2.05) is 35.2 Å². The van der Waals surface area contributed by atoms with Crippen molar-refractivity contribution in [2.75, 3.05) is 24.5 Å². The second-order valence-corrected chi connectivity index (χ2v) is 7.70. The molecule has 1 unspecified atom stereocenters. The molecule has 2 aliphatic rings. The number of para-hydroxylation sites is 1. The molecule has 3 atom stereocenters. The van der Waals surface area contributed by atoms with Gasteiger partial charge in [-0.2, -0.15) is 0 Å². The lowest BCUT2D eigenvalue weighted by Gasteiger charge is -2.44. The van der Waals surface area contributed by atoms with E-state index in [4.69, 9.17) is 5.73 Å². The van der Waals surface area contributed by atoms with Crippen LogP contribution in [-0.2, 0) is 9.59 Å². The van der Waals surface area contributed by atoms with Gasteiger partial charge in [-0.05, 0) is 51.2 Å². The lowest BCUT2D eigenvalue weighted by atomic mass is 9.87. The normalized spacial score (nSPS) is 26.5. The van der Waals surface area contributed by atoms with Gasteiger partial charge >= 0.3 is 0 Å². The van der Waals surface area contributed by atoms with Crippen LogP contribution in [0.1, 0.15) is 39.0 Å². The second kappa shape index (κ2) is 7.76. The van der Waals surface area contributed by atoms with Crippen molar-refractivity contribution in [1.29, 1.82) is 0 Å². The molecular formula is C20H29N3O3. The van der Waals surface area contributed by atoms with Gasteiger partial charge in [0, 0.05) is 24.8 Å². The van der Waals surface area contributed by atoms with E-state index < -0.39 is 11.6 Å². The maximum atomic E-state index is 12.2. The molecule has 1 aromatic carbocycles. The third kappa shape index (κ3) is 3.76. The number of fused-ring (bicyclic) bond motifs is 2. The summed E-state index contributed by atoms with van der Waals surface area (Å²) in [5.74, 6) is -0.219. The van der Waals surface area contributed by atoms with Gasteiger partial charge in [-0.25, -0.2) is 0 Å². The van der Waals surface area contributed by atoms with E-state index >= 15 is 0 Å². The van der Waals surface area contributed by atoms with Gasteiger partial charge in [0.2, 0.25) is 5.91 Å². The van der Waals surface area contributed by atoms with Gasteiger partial charge in [-0.15, -0.1) is 0 Å². The van der Waals surface area contributed by atoms with E-state index in [2.05, 4.69) is 4.90 Å². The predicted octanol–water partition coefficient (Wildman–Crippen LogP) is 1.32. The third-order valence-electron chi connectivity index (χ3n) is 5.84. The number of nitrogens with two attached hydrogens (primary N) is 1. The number of aliphatic hydroxyl groups is 1. The van der Waals surface area contributed by atoms with Crippen LogP contribution in [-0.4, -0.2) is 59.0 Å². The summed E-state index contributed by atoms with van der Waals surface area (Å²) in [6.45, 7) is 2.57. The maximum Gasteiger partial charge on any atom is 0.237 e. The number of amides is 1. The molecule has 0 aliphatic carbocycles. The molecule has 0 saturated carbocycles. The molecular weight excluding hydrogens is 330 g/mol. The first kappa shape index (κ1) is 18.9. The van der Waals surface area contributed by atoms with Crippen LogP contribution in [0.5, 0.6) is 0 Å². The number of ketones is 1. The van der Waals surface area contributed by atoms with E-state index in [1.54, 1.807) is 6.92 Å². The summed E-state index contributed by atoms with van der Waals surface area (Å²) in [7, 11) is 0. The second-order valence-electron chi connectivity index (χ2n) is 7.70. The summed E-state index contributed by atoms with van der Waals surface area (Å²) in [6.07, 6.45) is 3.94. The van der Waals surface area contributed by atoms with Crippen molar-refractivity contribution in [1.82, 2.24) is 4.90 Å². The summed E-state index contributed by atoms with van der Waals surface area (Å²) < 4.78 is 0. The van der Waals surface area contributed by atoms with Crippen molar-refractivity contribution in [3.05, 3.63) is 30.3 Å². The number of rotatable bonds is 8. The Kier molecular flexibility index (Phi) is 5.63. The van der Waals surface area contributed by atoms with Crippen LogP contribution in [0, 0.1) is 0 Å². The molecule has 2 fully saturated rings.